The van der Waals surface area contributed by atoms with Crippen molar-refractivity contribution in [3.05, 3.63) is 52.5 Å². The molecular formula is C28H34FN5O8S2. The molecule has 0 radical (unpaired) electrons. The second kappa shape index (κ2) is 12.4. The maximum atomic E-state index is 14.0. The van der Waals surface area contributed by atoms with Gasteiger partial charge in [0, 0.05) is 50.2 Å². The van der Waals surface area contributed by atoms with Crippen LogP contribution in [-0.2, 0) is 35.7 Å². The number of thiophene rings is 1. The summed E-state index contributed by atoms with van der Waals surface area (Å²) < 4.78 is 48.1. The van der Waals surface area contributed by atoms with Gasteiger partial charge in [0.2, 0.25) is 27.7 Å². The Balaban J connectivity index is 1.32. The number of nitrogens with one attached hydrogen (secondary N) is 2. The smallest absolute Gasteiger partial charge is 0.244 e. The van der Waals surface area contributed by atoms with Gasteiger partial charge in [-0.15, -0.1) is 11.3 Å². The van der Waals surface area contributed by atoms with E-state index < -0.39 is 70.2 Å². The molecule has 16 heteroatoms. The lowest BCUT2D eigenvalue weighted by Crippen LogP contribution is -2.63. The Morgan fingerprint density at radius 1 is 1.02 bits per heavy atom. The number of carbonyl (C=O) groups is 3. The van der Waals surface area contributed by atoms with E-state index in [-0.39, 0.29) is 49.8 Å². The Morgan fingerprint density at radius 2 is 1.82 bits per heavy atom. The van der Waals surface area contributed by atoms with E-state index >= 15 is 0 Å². The first-order chi connectivity index (χ1) is 21.0. The summed E-state index contributed by atoms with van der Waals surface area (Å²) in [6.07, 6.45) is -4.84. The lowest BCUT2D eigenvalue weighted by molar-refractivity contribution is -0.140. The fraction of sp³-hybridized carbons (Fsp3) is 0.536. The van der Waals surface area contributed by atoms with E-state index in [1.54, 1.807) is 0 Å². The van der Waals surface area contributed by atoms with Crippen molar-refractivity contribution < 1.29 is 42.1 Å². The van der Waals surface area contributed by atoms with Crippen LogP contribution in [0.5, 0.6) is 0 Å². The van der Waals surface area contributed by atoms with E-state index in [1.165, 1.54) is 28.4 Å². The van der Waals surface area contributed by atoms with Gasteiger partial charge in [-0.2, -0.15) is 4.31 Å². The van der Waals surface area contributed by atoms with Gasteiger partial charge in [0.1, 0.15) is 30.2 Å². The molecule has 0 unspecified atom stereocenters. The van der Waals surface area contributed by atoms with Gasteiger partial charge in [0.05, 0.1) is 23.5 Å². The van der Waals surface area contributed by atoms with Crippen LogP contribution in [-0.4, -0.2) is 126 Å². The van der Waals surface area contributed by atoms with E-state index in [0.717, 1.165) is 21.3 Å². The fourth-order valence-electron chi connectivity index (χ4n) is 6.44. The number of carbonyl (C=O) groups excluding carboxylic acids is 3. The van der Waals surface area contributed by atoms with Crippen LogP contribution in [0.3, 0.4) is 0 Å². The maximum absolute atomic E-state index is 14.0. The molecule has 5 heterocycles. The van der Waals surface area contributed by atoms with Crippen molar-refractivity contribution in [2.45, 2.75) is 66.8 Å². The number of nitrogens with zero attached hydrogens (tertiary/aromatic N) is 3. The Labute approximate surface area is 257 Å². The molecule has 0 saturated carbocycles. The van der Waals surface area contributed by atoms with Gasteiger partial charge in [-0.05, 0) is 36.1 Å². The Bertz CT molecular complexity index is 1510. The van der Waals surface area contributed by atoms with Crippen LogP contribution in [0.25, 0.3) is 0 Å². The predicted molar refractivity (Wildman–Crippen MR) is 154 cm³/mol. The van der Waals surface area contributed by atoms with Crippen LogP contribution in [0.1, 0.15) is 17.7 Å². The van der Waals surface area contributed by atoms with Crippen molar-refractivity contribution >= 4 is 39.1 Å². The SMILES string of the molecule is O=C1C[C@@H]2O[C@H](CNC(=O)[C@@H]3CN(CCN3S(=O)(=O)c3cccc(F)c3)C(=O)[C@@H]3C[C@@H](CN3Cc3cccs3)N1)[C@@H](O)[C@H]2O. The zero-order valence-corrected chi connectivity index (χ0v) is 25.3. The van der Waals surface area contributed by atoms with Gasteiger partial charge < -0.3 is 30.5 Å². The Hall–Kier alpha value is -2.99. The van der Waals surface area contributed by atoms with Gasteiger partial charge >= 0.3 is 0 Å². The van der Waals surface area contributed by atoms with Crippen LogP contribution < -0.4 is 10.6 Å². The van der Waals surface area contributed by atoms with Crippen molar-refractivity contribution in [1.82, 2.24) is 24.7 Å². The Morgan fingerprint density at radius 3 is 2.57 bits per heavy atom. The summed E-state index contributed by atoms with van der Waals surface area (Å²) in [5.41, 5.74) is 0. The normalized spacial score (nSPS) is 32.5. The molecule has 13 nitrogen and oxygen atoms in total. The van der Waals surface area contributed by atoms with Gasteiger partial charge in [-0.1, -0.05) is 12.1 Å². The molecule has 2 aromatic rings. The largest absolute Gasteiger partial charge is 0.388 e. The summed E-state index contributed by atoms with van der Waals surface area (Å²) in [5.74, 6) is -2.19. The number of fused-ring (bicyclic) bond motifs is 6. The number of ether oxygens (including phenoxy) is 1. The number of amides is 3. The highest BCUT2D eigenvalue weighted by Gasteiger charge is 2.48. The molecule has 4 aliphatic heterocycles. The molecule has 0 spiro atoms. The molecule has 3 amide bonds. The minimum Gasteiger partial charge on any atom is -0.388 e. The number of piperazine rings is 1. The number of likely N-dealkylation sites (tertiary alicyclic amines) is 1. The number of halogens is 1. The number of aliphatic hydroxyl groups is 2. The van der Waals surface area contributed by atoms with E-state index in [0.29, 0.717) is 13.1 Å². The molecule has 6 bridgehead atoms. The highest BCUT2D eigenvalue weighted by atomic mass is 32.2. The lowest BCUT2D eigenvalue weighted by Gasteiger charge is -2.41. The highest BCUT2D eigenvalue weighted by molar-refractivity contribution is 7.89. The summed E-state index contributed by atoms with van der Waals surface area (Å²) in [6, 6.07) is 5.94. The van der Waals surface area contributed by atoms with Gasteiger partial charge in [-0.25, -0.2) is 12.8 Å². The first-order valence-corrected chi connectivity index (χ1v) is 16.7. The van der Waals surface area contributed by atoms with Crippen LogP contribution in [0.2, 0.25) is 0 Å². The maximum Gasteiger partial charge on any atom is 0.244 e. The molecule has 4 aliphatic rings. The van der Waals surface area contributed by atoms with E-state index in [4.69, 9.17) is 4.74 Å². The second-order valence-electron chi connectivity index (χ2n) is 11.5. The third-order valence-corrected chi connectivity index (χ3v) is 11.4. The van der Waals surface area contributed by atoms with Gasteiger partial charge in [0.15, 0.2) is 0 Å². The molecule has 1 aromatic carbocycles. The average Bonchev–Trinajstić information content (AvgIpc) is 3.72. The first kappa shape index (κ1) is 31.0. The molecule has 1 aromatic heterocycles. The molecule has 238 valence electrons. The monoisotopic (exact) mass is 651 g/mol. The zero-order valence-electron chi connectivity index (χ0n) is 23.6. The zero-order chi connectivity index (χ0) is 31.2. The van der Waals surface area contributed by atoms with Crippen molar-refractivity contribution in [3.63, 3.8) is 0 Å². The number of rotatable bonds is 4. The third-order valence-electron chi connectivity index (χ3n) is 8.67. The summed E-state index contributed by atoms with van der Waals surface area (Å²) in [4.78, 5) is 44.7. The van der Waals surface area contributed by atoms with Crippen molar-refractivity contribution in [2.24, 2.45) is 0 Å². The Kier molecular flexibility index (Phi) is 8.76. The van der Waals surface area contributed by atoms with E-state index in [9.17, 15) is 37.4 Å². The third kappa shape index (κ3) is 6.11. The van der Waals surface area contributed by atoms with Gasteiger partial charge in [-0.3, -0.25) is 19.3 Å². The fourth-order valence-corrected chi connectivity index (χ4v) is 8.77. The topological polar surface area (TPSA) is 169 Å². The molecule has 4 saturated heterocycles. The van der Waals surface area contributed by atoms with Crippen molar-refractivity contribution in [1.29, 1.82) is 0 Å². The second-order valence-corrected chi connectivity index (χ2v) is 14.5. The van der Waals surface area contributed by atoms with Crippen LogP contribution >= 0.6 is 11.3 Å². The number of benzene rings is 1. The molecule has 0 aliphatic carbocycles. The van der Waals surface area contributed by atoms with Crippen LogP contribution in [0.4, 0.5) is 4.39 Å². The van der Waals surface area contributed by atoms with Gasteiger partial charge in [0.25, 0.3) is 0 Å². The standard InChI is InChI=1S/C28H34FN5O8S2/c29-16-3-1-5-19(9-16)44(40,41)34-7-6-32-15-21(34)27(38)30-12-23-26(37)25(36)22(42-23)11-24(35)31-17-10-20(28(32)39)33(13-17)14-18-4-2-8-43-18/h1-5,8-9,17,20-23,25-26,36-37H,6-7,10-15H2,(H,30,38)(H,31,35)/t17-,20-,21-,22-,23+,25-,26+/m0/s1. The molecule has 44 heavy (non-hydrogen) atoms. The molecule has 7 atom stereocenters. The average molecular weight is 652 g/mol. The number of aliphatic hydroxyl groups excluding tert-OH is 2. The minimum atomic E-state index is -4.35. The number of sulfonamides is 1. The highest BCUT2D eigenvalue weighted by Crippen LogP contribution is 2.29. The molecular weight excluding hydrogens is 617 g/mol. The van der Waals surface area contributed by atoms with Crippen LogP contribution in [0.15, 0.2) is 46.7 Å². The summed E-state index contributed by atoms with van der Waals surface area (Å²) in [6.45, 7) is 0.0553. The van der Waals surface area contributed by atoms with Crippen LogP contribution in [0, 0.1) is 5.82 Å². The lowest BCUT2D eigenvalue weighted by atomic mass is 10.0. The number of hydrogen-bond acceptors (Lipinski definition) is 10. The summed E-state index contributed by atoms with van der Waals surface area (Å²) in [5, 5.41) is 28.6. The van der Waals surface area contributed by atoms with Crippen molar-refractivity contribution in [3.8, 4) is 0 Å². The van der Waals surface area contributed by atoms with E-state index in [2.05, 4.69) is 10.6 Å². The summed E-state index contributed by atoms with van der Waals surface area (Å²) in [7, 11) is -4.35. The first-order valence-electron chi connectivity index (χ1n) is 14.4. The molecule has 4 fully saturated rings. The quantitative estimate of drug-likeness (QED) is 0.319. The van der Waals surface area contributed by atoms with E-state index in [1.807, 2.05) is 22.4 Å². The molecule has 6 rings (SSSR count). The van der Waals surface area contributed by atoms with Crippen molar-refractivity contribution in [2.75, 3.05) is 32.7 Å². The number of hydrogen-bond donors (Lipinski definition) is 4. The predicted octanol–water partition coefficient (Wildman–Crippen LogP) is -1.14. The molecule has 4 N–H and O–H groups in total. The summed E-state index contributed by atoms with van der Waals surface area (Å²) >= 11 is 1.53. The minimum absolute atomic E-state index is 0.00412.